The van der Waals surface area contributed by atoms with E-state index in [-0.39, 0.29) is 6.61 Å². The van der Waals surface area contributed by atoms with Gasteiger partial charge in [0.25, 0.3) is 0 Å². The Hall–Kier alpha value is -2.24. The van der Waals surface area contributed by atoms with Crippen LogP contribution in [0.2, 0.25) is 0 Å². The van der Waals surface area contributed by atoms with Crippen molar-refractivity contribution in [2.75, 3.05) is 6.61 Å². The topological polar surface area (TPSA) is 42.1 Å². The van der Waals surface area contributed by atoms with Crippen LogP contribution < -0.4 is 0 Å². The number of hydrogen-bond acceptors (Lipinski definition) is 2. The molecule has 0 atom stereocenters. The molecule has 0 aliphatic carbocycles. The lowest BCUT2D eigenvalue weighted by molar-refractivity contribution is -0.138. The zero-order valence-corrected chi connectivity index (χ0v) is 10.6. The molecular formula is C14H12F3NO2. The molecule has 1 heterocycles. The van der Waals surface area contributed by atoms with Gasteiger partial charge in [0, 0.05) is 22.7 Å². The number of alkyl halides is 3. The zero-order chi connectivity index (χ0) is 14.8. The average Bonchev–Trinajstić information content (AvgIpc) is 2.77. The standard InChI is InChI=1S/C14H12F3NO2/c1-2-20-13(19)6-5-11-7-9-3-4-10(14(15,16)17)8-12(9)18-11/h3-8,18H,2H2,1H3/b6-5+. The van der Waals surface area contributed by atoms with Gasteiger partial charge < -0.3 is 9.72 Å². The maximum Gasteiger partial charge on any atom is 0.416 e. The van der Waals surface area contributed by atoms with Gasteiger partial charge in [-0.3, -0.25) is 0 Å². The number of carbonyl (C=O) groups is 1. The molecule has 0 spiro atoms. The van der Waals surface area contributed by atoms with Gasteiger partial charge in [-0.1, -0.05) is 6.07 Å². The summed E-state index contributed by atoms with van der Waals surface area (Å²) in [5.41, 5.74) is 0.184. The highest BCUT2D eigenvalue weighted by Crippen LogP contribution is 2.31. The molecule has 0 amide bonds. The highest BCUT2D eigenvalue weighted by atomic mass is 19.4. The average molecular weight is 283 g/mol. The van der Waals surface area contributed by atoms with Crippen molar-refractivity contribution in [3.05, 3.63) is 41.6 Å². The first-order valence-electron chi connectivity index (χ1n) is 5.95. The predicted octanol–water partition coefficient (Wildman–Crippen LogP) is 3.76. The van der Waals surface area contributed by atoms with Crippen molar-refractivity contribution in [1.29, 1.82) is 0 Å². The van der Waals surface area contributed by atoms with Gasteiger partial charge in [-0.05, 0) is 31.2 Å². The number of aromatic amines is 1. The molecule has 0 radical (unpaired) electrons. The molecule has 20 heavy (non-hydrogen) atoms. The van der Waals surface area contributed by atoms with Gasteiger partial charge in [0.15, 0.2) is 0 Å². The third-order valence-corrected chi connectivity index (χ3v) is 2.66. The summed E-state index contributed by atoms with van der Waals surface area (Å²) in [4.78, 5) is 14.0. The van der Waals surface area contributed by atoms with E-state index in [4.69, 9.17) is 4.74 Å². The van der Waals surface area contributed by atoms with Crippen LogP contribution in [0.3, 0.4) is 0 Å². The summed E-state index contributed by atoms with van der Waals surface area (Å²) >= 11 is 0. The minimum Gasteiger partial charge on any atom is -0.463 e. The summed E-state index contributed by atoms with van der Waals surface area (Å²) in [6.07, 6.45) is -1.69. The Morgan fingerprint density at radius 1 is 1.35 bits per heavy atom. The molecule has 1 aromatic carbocycles. The van der Waals surface area contributed by atoms with E-state index in [1.165, 1.54) is 18.2 Å². The van der Waals surface area contributed by atoms with Crippen LogP contribution in [-0.4, -0.2) is 17.6 Å². The van der Waals surface area contributed by atoms with Crippen molar-refractivity contribution >= 4 is 22.9 Å². The molecular weight excluding hydrogens is 271 g/mol. The van der Waals surface area contributed by atoms with E-state index in [1.807, 2.05) is 0 Å². The van der Waals surface area contributed by atoms with Crippen LogP contribution in [0.15, 0.2) is 30.3 Å². The number of rotatable bonds is 3. The molecule has 0 bridgehead atoms. The minimum atomic E-state index is -4.37. The van der Waals surface area contributed by atoms with Crippen LogP contribution in [-0.2, 0) is 15.7 Å². The molecule has 1 aromatic heterocycles. The number of nitrogens with one attached hydrogen (secondary N) is 1. The SMILES string of the molecule is CCOC(=O)/C=C/c1cc2ccc(C(F)(F)F)cc2[nH]1. The van der Waals surface area contributed by atoms with E-state index in [0.717, 1.165) is 12.1 Å². The maximum absolute atomic E-state index is 12.6. The molecule has 2 aromatic rings. The van der Waals surface area contributed by atoms with Crippen molar-refractivity contribution in [1.82, 2.24) is 4.98 Å². The number of H-pyrrole nitrogens is 1. The van der Waals surface area contributed by atoms with Crippen LogP contribution in [0.4, 0.5) is 13.2 Å². The van der Waals surface area contributed by atoms with Crippen molar-refractivity contribution in [2.24, 2.45) is 0 Å². The molecule has 0 unspecified atom stereocenters. The molecule has 1 N–H and O–H groups in total. The third-order valence-electron chi connectivity index (χ3n) is 2.66. The Labute approximate surface area is 113 Å². The Balaban J connectivity index is 2.28. The van der Waals surface area contributed by atoms with E-state index in [1.54, 1.807) is 13.0 Å². The molecule has 0 aliphatic heterocycles. The lowest BCUT2D eigenvalue weighted by atomic mass is 10.1. The van der Waals surface area contributed by atoms with E-state index in [2.05, 4.69) is 4.98 Å². The summed E-state index contributed by atoms with van der Waals surface area (Å²) in [5.74, 6) is -0.498. The monoisotopic (exact) mass is 283 g/mol. The van der Waals surface area contributed by atoms with E-state index in [9.17, 15) is 18.0 Å². The second-order valence-corrected chi connectivity index (χ2v) is 4.11. The van der Waals surface area contributed by atoms with E-state index < -0.39 is 17.7 Å². The smallest absolute Gasteiger partial charge is 0.416 e. The minimum absolute atomic E-state index is 0.269. The van der Waals surface area contributed by atoms with Crippen LogP contribution in [0, 0.1) is 0 Å². The number of aromatic nitrogens is 1. The number of carbonyl (C=O) groups excluding carboxylic acids is 1. The third kappa shape index (κ3) is 3.20. The summed E-state index contributed by atoms with van der Waals surface area (Å²) in [6.45, 7) is 1.96. The van der Waals surface area contributed by atoms with Gasteiger partial charge in [-0.25, -0.2) is 4.79 Å². The first-order chi connectivity index (χ1) is 9.40. The van der Waals surface area contributed by atoms with Crippen LogP contribution in [0.25, 0.3) is 17.0 Å². The summed E-state index contributed by atoms with van der Waals surface area (Å²) in [5, 5.41) is 0.640. The molecule has 2 rings (SSSR count). The van der Waals surface area contributed by atoms with Crippen LogP contribution in [0.1, 0.15) is 18.2 Å². The Morgan fingerprint density at radius 3 is 2.75 bits per heavy atom. The molecule has 3 nitrogen and oxygen atoms in total. The van der Waals surface area contributed by atoms with Gasteiger partial charge in [-0.2, -0.15) is 13.2 Å². The summed E-state index contributed by atoms with van der Waals surface area (Å²) < 4.78 is 42.4. The fraction of sp³-hybridized carbons (Fsp3) is 0.214. The van der Waals surface area contributed by atoms with E-state index in [0.29, 0.717) is 16.6 Å². The number of halogens is 3. The quantitative estimate of drug-likeness (QED) is 0.688. The molecule has 106 valence electrons. The zero-order valence-electron chi connectivity index (χ0n) is 10.6. The fourth-order valence-corrected chi connectivity index (χ4v) is 1.76. The van der Waals surface area contributed by atoms with Crippen LogP contribution in [0.5, 0.6) is 0 Å². The number of fused-ring (bicyclic) bond motifs is 1. The van der Waals surface area contributed by atoms with E-state index >= 15 is 0 Å². The summed E-state index contributed by atoms with van der Waals surface area (Å²) in [6, 6.07) is 5.10. The summed E-state index contributed by atoms with van der Waals surface area (Å²) in [7, 11) is 0. The highest BCUT2D eigenvalue weighted by molar-refractivity contribution is 5.89. The lowest BCUT2D eigenvalue weighted by Gasteiger charge is -2.05. The number of benzene rings is 1. The maximum atomic E-state index is 12.6. The number of esters is 1. The van der Waals surface area contributed by atoms with Crippen LogP contribution >= 0.6 is 0 Å². The molecule has 0 fully saturated rings. The lowest BCUT2D eigenvalue weighted by Crippen LogP contribution is -2.03. The molecule has 6 heteroatoms. The first-order valence-corrected chi connectivity index (χ1v) is 5.95. The molecule has 0 aliphatic rings. The largest absolute Gasteiger partial charge is 0.463 e. The van der Waals surface area contributed by atoms with Gasteiger partial charge in [0.05, 0.1) is 12.2 Å². The second-order valence-electron chi connectivity index (χ2n) is 4.11. The van der Waals surface area contributed by atoms with Gasteiger partial charge in [0.2, 0.25) is 0 Å². The molecule has 0 saturated heterocycles. The molecule has 0 saturated carbocycles. The first kappa shape index (κ1) is 14.2. The van der Waals surface area contributed by atoms with Crippen molar-refractivity contribution in [3.8, 4) is 0 Å². The van der Waals surface area contributed by atoms with Gasteiger partial charge in [0.1, 0.15) is 0 Å². The van der Waals surface area contributed by atoms with Crippen molar-refractivity contribution in [2.45, 2.75) is 13.1 Å². The van der Waals surface area contributed by atoms with Gasteiger partial charge in [-0.15, -0.1) is 0 Å². The number of hydrogen-bond donors (Lipinski definition) is 1. The highest BCUT2D eigenvalue weighted by Gasteiger charge is 2.30. The van der Waals surface area contributed by atoms with Gasteiger partial charge >= 0.3 is 12.1 Å². The van der Waals surface area contributed by atoms with Crippen molar-refractivity contribution < 1.29 is 22.7 Å². The number of ether oxygens (including phenoxy) is 1. The Kier molecular flexibility index (Phi) is 3.83. The second kappa shape index (κ2) is 5.40. The Morgan fingerprint density at radius 2 is 2.10 bits per heavy atom. The normalized spacial score (nSPS) is 12.2. The van der Waals surface area contributed by atoms with Crippen molar-refractivity contribution in [3.63, 3.8) is 0 Å². The Bertz CT molecular complexity index is 656. The fourth-order valence-electron chi connectivity index (χ4n) is 1.76. The predicted molar refractivity (Wildman–Crippen MR) is 69.0 cm³/mol.